The summed E-state index contributed by atoms with van der Waals surface area (Å²) in [6.07, 6.45) is 0. The first-order chi connectivity index (χ1) is 13.8. The van der Waals surface area contributed by atoms with Gasteiger partial charge in [0.1, 0.15) is 10.6 Å². The summed E-state index contributed by atoms with van der Waals surface area (Å²) in [4.78, 5) is 12.3. The molecule has 0 aliphatic carbocycles. The molecule has 1 N–H and O–H groups in total. The Bertz CT molecular complexity index is 1220. The Kier molecular flexibility index (Phi) is 5.74. The minimum Gasteiger partial charge on any atom is -0.495 e. The normalized spacial score (nSPS) is 17.8. The third kappa shape index (κ3) is 3.96. The number of carbonyl (C=O) groups is 1. The standard InChI is InChI=1S/C18H18Cl2N2O6S2/c1-18(2)10-29(24,25)22(17(18)23)11-7-8-14(28-3)15(9-11)30(26,27)21-16-12(19)5-4-6-13(16)20/h4-9,21H,10H2,1-3H3. The Morgan fingerprint density at radius 2 is 1.73 bits per heavy atom. The van der Waals surface area contributed by atoms with Gasteiger partial charge in [-0.3, -0.25) is 9.52 Å². The molecule has 0 saturated carbocycles. The zero-order valence-electron chi connectivity index (χ0n) is 16.1. The number of hydrogen-bond donors (Lipinski definition) is 1. The molecule has 0 radical (unpaired) electrons. The molecule has 0 spiro atoms. The van der Waals surface area contributed by atoms with Gasteiger partial charge in [-0.05, 0) is 44.2 Å². The van der Waals surface area contributed by atoms with Gasteiger partial charge in [-0.15, -0.1) is 0 Å². The lowest BCUT2D eigenvalue weighted by Crippen LogP contribution is -2.33. The molecule has 3 rings (SSSR count). The van der Waals surface area contributed by atoms with Crippen molar-refractivity contribution in [2.45, 2.75) is 18.7 Å². The molecule has 1 amide bonds. The lowest BCUT2D eigenvalue weighted by molar-refractivity contribution is -0.123. The number of nitrogens with one attached hydrogen (secondary N) is 1. The van der Waals surface area contributed by atoms with Gasteiger partial charge in [-0.25, -0.2) is 21.1 Å². The minimum atomic E-state index is -4.31. The largest absolute Gasteiger partial charge is 0.495 e. The van der Waals surface area contributed by atoms with Crippen LogP contribution in [0.5, 0.6) is 5.75 Å². The fraction of sp³-hybridized carbons (Fsp3) is 0.278. The Labute approximate surface area is 184 Å². The van der Waals surface area contributed by atoms with Crippen molar-refractivity contribution in [2.24, 2.45) is 5.41 Å². The summed E-state index contributed by atoms with van der Waals surface area (Å²) >= 11 is 12.1. The first-order valence-electron chi connectivity index (χ1n) is 8.52. The fourth-order valence-electron chi connectivity index (χ4n) is 3.05. The van der Waals surface area contributed by atoms with Gasteiger partial charge in [0.2, 0.25) is 15.9 Å². The van der Waals surface area contributed by atoms with Crippen molar-refractivity contribution in [1.29, 1.82) is 0 Å². The summed E-state index contributed by atoms with van der Waals surface area (Å²) < 4.78 is 59.3. The van der Waals surface area contributed by atoms with E-state index in [1.165, 1.54) is 45.2 Å². The Balaban J connectivity index is 2.13. The number of halogens is 2. The van der Waals surface area contributed by atoms with Gasteiger partial charge in [-0.2, -0.15) is 0 Å². The van der Waals surface area contributed by atoms with Crippen molar-refractivity contribution in [3.05, 3.63) is 46.4 Å². The second-order valence-corrected chi connectivity index (χ2v) is 11.5. The monoisotopic (exact) mass is 492 g/mol. The smallest absolute Gasteiger partial charge is 0.265 e. The van der Waals surface area contributed by atoms with Crippen molar-refractivity contribution in [3.8, 4) is 5.75 Å². The van der Waals surface area contributed by atoms with Crippen LogP contribution in [0.15, 0.2) is 41.3 Å². The van der Waals surface area contributed by atoms with Crippen LogP contribution >= 0.6 is 23.2 Å². The molecule has 1 aliphatic rings. The van der Waals surface area contributed by atoms with Crippen molar-refractivity contribution in [3.63, 3.8) is 0 Å². The van der Waals surface area contributed by atoms with E-state index in [1.807, 2.05) is 0 Å². The van der Waals surface area contributed by atoms with E-state index in [1.54, 1.807) is 6.07 Å². The highest BCUT2D eigenvalue weighted by molar-refractivity contribution is 7.94. The molecule has 8 nitrogen and oxygen atoms in total. The summed E-state index contributed by atoms with van der Waals surface area (Å²) in [6.45, 7) is 3.02. The molecule has 1 fully saturated rings. The number of methoxy groups -OCH3 is 1. The maximum absolute atomic E-state index is 13.1. The molecule has 2 aromatic rings. The third-order valence-electron chi connectivity index (χ3n) is 4.46. The van der Waals surface area contributed by atoms with Gasteiger partial charge in [0, 0.05) is 0 Å². The summed E-state index contributed by atoms with van der Waals surface area (Å²) in [5, 5.41) is 0.139. The number of ether oxygens (including phenoxy) is 1. The summed E-state index contributed by atoms with van der Waals surface area (Å²) in [5.74, 6) is -1.10. The number of carbonyl (C=O) groups excluding carboxylic acids is 1. The van der Waals surface area contributed by atoms with Crippen molar-refractivity contribution < 1.29 is 26.4 Å². The maximum atomic E-state index is 13.1. The SMILES string of the molecule is COc1ccc(N2C(=O)C(C)(C)CS2(=O)=O)cc1S(=O)(=O)Nc1c(Cl)cccc1Cl. The van der Waals surface area contributed by atoms with Crippen molar-refractivity contribution in [2.75, 3.05) is 21.9 Å². The van der Waals surface area contributed by atoms with E-state index in [2.05, 4.69) is 4.72 Å². The van der Waals surface area contributed by atoms with Crippen LogP contribution in [0.2, 0.25) is 10.0 Å². The quantitative estimate of drug-likeness (QED) is 0.683. The molecular weight excluding hydrogens is 475 g/mol. The van der Waals surface area contributed by atoms with Crippen molar-refractivity contribution in [1.82, 2.24) is 0 Å². The second kappa shape index (κ2) is 7.60. The highest BCUT2D eigenvalue weighted by Crippen LogP contribution is 2.39. The van der Waals surface area contributed by atoms with Crippen LogP contribution in [-0.4, -0.2) is 35.6 Å². The molecule has 162 valence electrons. The first-order valence-corrected chi connectivity index (χ1v) is 12.4. The second-order valence-electron chi connectivity index (χ2n) is 7.25. The molecule has 30 heavy (non-hydrogen) atoms. The summed E-state index contributed by atoms with van der Waals surface area (Å²) in [6, 6.07) is 8.09. The molecular formula is C18H18Cl2N2O6S2. The Morgan fingerprint density at radius 1 is 1.13 bits per heavy atom. The minimum absolute atomic E-state index is 0.0423. The highest BCUT2D eigenvalue weighted by Gasteiger charge is 2.50. The van der Waals surface area contributed by atoms with Gasteiger partial charge >= 0.3 is 0 Å². The first kappa shape index (κ1) is 22.7. The van der Waals surface area contributed by atoms with Gasteiger partial charge < -0.3 is 4.74 Å². The molecule has 0 bridgehead atoms. The number of amides is 1. The van der Waals surface area contributed by atoms with E-state index in [0.717, 1.165) is 6.07 Å². The van der Waals surface area contributed by atoms with Crippen LogP contribution in [0.3, 0.4) is 0 Å². The molecule has 1 aliphatic heterocycles. The van der Waals surface area contributed by atoms with Crippen LogP contribution in [0.25, 0.3) is 0 Å². The number of anilines is 2. The summed E-state index contributed by atoms with van der Waals surface area (Å²) in [5.41, 5.74) is -1.29. The lowest BCUT2D eigenvalue weighted by Gasteiger charge is -2.20. The van der Waals surface area contributed by atoms with Gasteiger partial charge in [0.15, 0.2) is 0 Å². The Morgan fingerprint density at radius 3 is 2.23 bits per heavy atom. The Hall–Kier alpha value is -2.01. The average Bonchev–Trinajstić information content (AvgIpc) is 2.80. The van der Waals surface area contributed by atoms with Crippen molar-refractivity contribution >= 4 is 60.5 Å². The van der Waals surface area contributed by atoms with E-state index >= 15 is 0 Å². The highest BCUT2D eigenvalue weighted by atomic mass is 35.5. The fourth-order valence-corrected chi connectivity index (χ4v) is 7.04. The number of benzene rings is 2. The van der Waals surface area contributed by atoms with E-state index in [4.69, 9.17) is 27.9 Å². The van der Waals surface area contributed by atoms with E-state index in [0.29, 0.717) is 4.31 Å². The van der Waals surface area contributed by atoms with Gasteiger partial charge in [-0.1, -0.05) is 29.3 Å². The number of rotatable bonds is 5. The predicted molar refractivity (Wildman–Crippen MR) is 115 cm³/mol. The van der Waals surface area contributed by atoms with Crippen LogP contribution in [0.1, 0.15) is 13.8 Å². The third-order valence-corrected chi connectivity index (χ3v) is 8.48. The number of hydrogen-bond acceptors (Lipinski definition) is 6. The van der Waals surface area contributed by atoms with E-state index < -0.39 is 31.4 Å². The zero-order chi connectivity index (χ0) is 22.5. The van der Waals surface area contributed by atoms with Crippen LogP contribution < -0.4 is 13.8 Å². The topological polar surface area (TPSA) is 110 Å². The number of sulfonamides is 2. The number of nitrogens with zero attached hydrogens (tertiary/aromatic N) is 1. The molecule has 0 unspecified atom stereocenters. The molecule has 2 aromatic carbocycles. The molecule has 12 heteroatoms. The molecule has 0 atom stereocenters. The van der Waals surface area contributed by atoms with Gasteiger partial charge in [0.05, 0.1) is 39.7 Å². The van der Waals surface area contributed by atoms with Crippen LogP contribution in [0.4, 0.5) is 11.4 Å². The van der Waals surface area contributed by atoms with E-state index in [9.17, 15) is 21.6 Å². The predicted octanol–water partition coefficient (Wildman–Crippen LogP) is 3.51. The molecule has 0 aromatic heterocycles. The average molecular weight is 493 g/mol. The van der Waals surface area contributed by atoms with Gasteiger partial charge in [0.25, 0.3) is 10.0 Å². The van der Waals surface area contributed by atoms with Crippen LogP contribution in [-0.2, 0) is 24.8 Å². The lowest BCUT2D eigenvalue weighted by atomic mass is 9.95. The van der Waals surface area contributed by atoms with E-state index in [-0.39, 0.29) is 37.8 Å². The van der Waals surface area contributed by atoms with Crippen LogP contribution in [0, 0.1) is 5.41 Å². The maximum Gasteiger partial charge on any atom is 0.265 e. The molecule has 1 saturated heterocycles. The number of para-hydroxylation sites is 1. The zero-order valence-corrected chi connectivity index (χ0v) is 19.3. The molecule has 1 heterocycles. The summed E-state index contributed by atoms with van der Waals surface area (Å²) in [7, 11) is -7.02.